The van der Waals surface area contributed by atoms with Gasteiger partial charge in [-0.05, 0) is 85.6 Å². The highest BCUT2D eigenvalue weighted by molar-refractivity contribution is 6.28. The summed E-state index contributed by atoms with van der Waals surface area (Å²) >= 11 is 0. The van der Waals surface area contributed by atoms with E-state index in [0.29, 0.717) is 5.82 Å². The van der Waals surface area contributed by atoms with Crippen molar-refractivity contribution in [2.45, 2.75) is 0 Å². The van der Waals surface area contributed by atoms with Gasteiger partial charge in [0, 0.05) is 33.2 Å². The number of hydrogen-bond acceptors (Lipinski definition) is 2. The summed E-state index contributed by atoms with van der Waals surface area (Å²) in [6.45, 7) is 0. The monoisotopic (exact) mass is 673 g/mol. The molecule has 0 spiro atoms. The van der Waals surface area contributed by atoms with Gasteiger partial charge in [-0.2, -0.15) is 0 Å². The van der Waals surface area contributed by atoms with Crippen LogP contribution in [0.5, 0.6) is 0 Å². The van der Waals surface area contributed by atoms with Gasteiger partial charge in [0.2, 0.25) is 0 Å². The molecule has 3 nitrogen and oxygen atoms in total. The molecule has 9 aromatic carbocycles. The van der Waals surface area contributed by atoms with Crippen molar-refractivity contribution in [3.63, 3.8) is 0 Å². The molecule has 2 heterocycles. The third-order valence-electron chi connectivity index (χ3n) is 10.8. The third-order valence-corrected chi connectivity index (χ3v) is 10.8. The van der Waals surface area contributed by atoms with Crippen LogP contribution in [-0.4, -0.2) is 14.5 Å². The Morgan fingerprint density at radius 2 is 0.755 bits per heavy atom. The summed E-state index contributed by atoms with van der Waals surface area (Å²) in [5.74, 6) is 0.698. The number of fused-ring (bicyclic) bond motifs is 9. The summed E-state index contributed by atoms with van der Waals surface area (Å²) in [5.41, 5.74) is 8.43. The van der Waals surface area contributed by atoms with E-state index in [2.05, 4.69) is 193 Å². The van der Waals surface area contributed by atoms with Crippen LogP contribution in [0, 0.1) is 0 Å². The average molecular weight is 674 g/mol. The Bertz CT molecular complexity index is 3030. The molecule has 0 aliphatic carbocycles. The molecule has 2 aromatic heterocycles. The van der Waals surface area contributed by atoms with Crippen molar-refractivity contribution in [3.05, 3.63) is 188 Å². The van der Waals surface area contributed by atoms with Crippen LogP contribution in [0.25, 0.3) is 104 Å². The molecule has 0 saturated carbocycles. The molecule has 11 rings (SSSR count). The first-order chi connectivity index (χ1) is 26.3. The Labute approximate surface area is 306 Å². The topological polar surface area (TPSA) is 30.7 Å². The van der Waals surface area contributed by atoms with Gasteiger partial charge in [-0.1, -0.05) is 146 Å². The maximum absolute atomic E-state index is 5.27. The largest absolute Gasteiger partial charge is 0.309 e. The number of rotatable bonds is 4. The van der Waals surface area contributed by atoms with Crippen LogP contribution in [0.3, 0.4) is 0 Å². The van der Waals surface area contributed by atoms with Gasteiger partial charge < -0.3 is 4.57 Å². The first kappa shape index (κ1) is 29.6. The molecule has 0 aliphatic rings. The van der Waals surface area contributed by atoms with Crippen molar-refractivity contribution in [3.8, 4) is 39.6 Å². The molecule has 0 N–H and O–H groups in total. The van der Waals surface area contributed by atoms with Gasteiger partial charge in [-0.3, -0.25) is 0 Å². The van der Waals surface area contributed by atoms with Crippen molar-refractivity contribution in [2.75, 3.05) is 0 Å². The first-order valence-corrected chi connectivity index (χ1v) is 18.1. The Hall–Kier alpha value is -7.10. The fourth-order valence-electron chi connectivity index (χ4n) is 8.34. The van der Waals surface area contributed by atoms with Gasteiger partial charge in [0.05, 0.1) is 22.4 Å². The summed E-state index contributed by atoms with van der Waals surface area (Å²) in [7, 11) is 0. The Morgan fingerprint density at radius 3 is 1.25 bits per heavy atom. The standard InChI is InChI=1S/C50H31N3/c1-5-17-38-32(11-1)15-9-21-42(38)44-31-45(43-22-10-16-33-12-2-6-18-39(33)43)52-50(51-44)36-23-27-37(28-24-36)53-46-29-25-34-13-3-7-19-40(34)48(46)49-41-20-8-4-14-35(41)26-30-47(49)53/h1-31H. The highest BCUT2D eigenvalue weighted by Crippen LogP contribution is 2.41. The van der Waals surface area contributed by atoms with Crippen LogP contribution >= 0.6 is 0 Å². The molecule has 0 unspecified atom stereocenters. The molecule has 0 fully saturated rings. The van der Waals surface area contributed by atoms with Crippen LogP contribution in [0.15, 0.2) is 188 Å². The fourth-order valence-corrected chi connectivity index (χ4v) is 8.34. The van der Waals surface area contributed by atoms with Crippen molar-refractivity contribution >= 4 is 64.9 Å². The Balaban J connectivity index is 1.12. The lowest BCUT2D eigenvalue weighted by Crippen LogP contribution is -1.98. The molecule has 0 amide bonds. The molecule has 3 heteroatoms. The van der Waals surface area contributed by atoms with Gasteiger partial charge in [0.15, 0.2) is 5.82 Å². The highest BCUT2D eigenvalue weighted by Gasteiger charge is 2.18. The van der Waals surface area contributed by atoms with Gasteiger partial charge in [0.25, 0.3) is 0 Å². The number of benzene rings is 9. The van der Waals surface area contributed by atoms with Crippen molar-refractivity contribution < 1.29 is 0 Å². The summed E-state index contributed by atoms with van der Waals surface area (Å²) in [5, 5.41) is 12.3. The predicted octanol–water partition coefficient (Wildman–Crippen LogP) is 13.2. The van der Waals surface area contributed by atoms with E-state index in [1.807, 2.05) is 0 Å². The molecule has 0 bridgehead atoms. The van der Waals surface area contributed by atoms with E-state index in [9.17, 15) is 0 Å². The molecule has 246 valence electrons. The van der Waals surface area contributed by atoms with Gasteiger partial charge >= 0.3 is 0 Å². The molecule has 0 aliphatic heterocycles. The lowest BCUT2D eigenvalue weighted by atomic mass is 9.98. The second-order valence-electron chi connectivity index (χ2n) is 13.8. The van der Waals surface area contributed by atoms with Gasteiger partial charge in [0.1, 0.15) is 0 Å². The molecule has 0 saturated heterocycles. The summed E-state index contributed by atoms with van der Waals surface area (Å²) in [4.78, 5) is 10.5. The quantitative estimate of drug-likeness (QED) is 0.186. The van der Waals surface area contributed by atoms with Crippen LogP contribution in [0.2, 0.25) is 0 Å². The van der Waals surface area contributed by atoms with Crippen LogP contribution in [0.4, 0.5) is 0 Å². The maximum Gasteiger partial charge on any atom is 0.160 e. The molecule has 0 atom stereocenters. The minimum absolute atomic E-state index is 0.698. The first-order valence-electron chi connectivity index (χ1n) is 18.1. The predicted molar refractivity (Wildman–Crippen MR) is 223 cm³/mol. The highest BCUT2D eigenvalue weighted by atomic mass is 15.0. The molecule has 11 aromatic rings. The summed E-state index contributed by atoms with van der Waals surface area (Å²) in [6, 6.07) is 67.3. The molecule has 53 heavy (non-hydrogen) atoms. The van der Waals surface area contributed by atoms with E-state index >= 15 is 0 Å². The van der Waals surface area contributed by atoms with Crippen molar-refractivity contribution in [1.82, 2.24) is 14.5 Å². The Kier molecular flexibility index (Phi) is 6.55. The van der Waals surface area contributed by atoms with Crippen molar-refractivity contribution in [2.24, 2.45) is 0 Å². The smallest absolute Gasteiger partial charge is 0.160 e. The SMILES string of the molecule is c1ccc2c(-c3cc(-c4cccc5ccccc45)nc(-c4ccc(-n5c6ccc7ccccc7c6c6c7ccccc7ccc65)cc4)n3)cccc2c1. The third kappa shape index (κ3) is 4.68. The van der Waals surface area contributed by atoms with E-state index in [0.717, 1.165) is 33.8 Å². The van der Waals surface area contributed by atoms with Crippen molar-refractivity contribution in [1.29, 1.82) is 0 Å². The molecular weight excluding hydrogens is 643 g/mol. The number of nitrogens with zero attached hydrogens (tertiary/aromatic N) is 3. The maximum atomic E-state index is 5.27. The zero-order valence-corrected chi connectivity index (χ0v) is 28.7. The van der Waals surface area contributed by atoms with E-state index in [4.69, 9.17) is 9.97 Å². The summed E-state index contributed by atoms with van der Waals surface area (Å²) < 4.78 is 2.41. The van der Waals surface area contributed by atoms with Crippen LogP contribution in [0.1, 0.15) is 0 Å². The van der Waals surface area contributed by atoms with E-state index in [1.54, 1.807) is 0 Å². The molecule has 0 radical (unpaired) electrons. The average Bonchev–Trinajstić information content (AvgIpc) is 3.58. The van der Waals surface area contributed by atoms with E-state index in [1.165, 1.54) is 64.9 Å². The Morgan fingerprint density at radius 1 is 0.340 bits per heavy atom. The second kappa shape index (κ2) is 11.7. The van der Waals surface area contributed by atoms with Crippen LogP contribution < -0.4 is 0 Å². The zero-order valence-electron chi connectivity index (χ0n) is 28.7. The number of aromatic nitrogens is 3. The lowest BCUT2D eigenvalue weighted by molar-refractivity contribution is 1.17. The minimum atomic E-state index is 0.698. The number of hydrogen-bond donors (Lipinski definition) is 0. The van der Waals surface area contributed by atoms with Gasteiger partial charge in [-0.25, -0.2) is 9.97 Å². The van der Waals surface area contributed by atoms with Crippen LogP contribution in [-0.2, 0) is 0 Å². The normalized spacial score (nSPS) is 11.8. The lowest BCUT2D eigenvalue weighted by Gasteiger charge is -2.13. The van der Waals surface area contributed by atoms with E-state index < -0.39 is 0 Å². The van der Waals surface area contributed by atoms with E-state index in [-0.39, 0.29) is 0 Å². The second-order valence-corrected chi connectivity index (χ2v) is 13.8. The zero-order chi connectivity index (χ0) is 34.9. The fraction of sp³-hybridized carbons (Fsp3) is 0. The summed E-state index contributed by atoms with van der Waals surface area (Å²) in [6.07, 6.45) is 0. The molecular formula is C50H31N3. The van der Waals surface area contributed by atoms with Gasteiger partial charge in [-0.15, -0.1) is 0 Å². The minimum Gasteiger partial charge on any atom is -0.309 e.